The summed E-state index contributed by atoms with van der Waals surface area (Å²) in [6.45, 7) is 2.52. The molecule has 180 valence electrons. The number of hydrogen-bond acceptors (Lipinski definition) is 5. The van der Waals surface area contributed by atoms with E-state index in [0.717, 1.165) is 25.8 Å². The van der Waals surface area contributed by atoms with Gasteiger partial charge in [0.25, 0.3) is 0 Å². The lowest BCUT2D eigenvalue weighted by atomic mass is 9.90. The Morgan fingerprint density at radius 1 is 1.18 bits per heavy atom. The van der Waals surface area contributed by atoms with Gasteiger partial charge in [-0.05, 0) is 55.8 Å². The number of β-amino-alcohol motifs (C(OH)–C–C–N with tert-alkyl or cyclic N) is 1. The van der Waals surface area contributed by atoms with E-state index in [1.807, 2.05) is 0 Å². The standard InChI is InChI=1S/C23H31ClN4O5/c24-16-2-1-3-17(14-16)25-22(33)27-10-5-20(30)28(13-12-27)18(21(31)32)4-9-26-11-8-23(6-7-23)19(29)15-26/h1-3,14,18-19,29H,4-13,15H2,(H,25,33)(H,31,32)/t18-,19-/m1/s1. The van der Waals surface area contributed by atoms with Crippen LogP contribution < -0.4 is 5.32 Å². The lowest BCUT2D eigenvalue weighted by molar-refractivity contribution is -0.150. The molecule has 2 aliphatic heterocycles. The molecule has 1 aromatic carbocycles. The number of aliphatic hydroxyl groups excluding tert-OH is 1. The first-order valence-electron chi connectivity index (χ1n) is 11.5. The topological polar surface area (TPSA) is 113 Å². The average Bonchev–Trinajstić information content (AvgIpc) is 3.57. The third-order valence-corrected chi connectivity index (χ3v) is 7.46. The predicted molar refractivity (Wildman–Crippen MR) is 123 cm³/mol. The van der Waals surface area contributed by atoms with Crippen molar-refractivity contribution in [1.29, 1.82) is 0 Å². The first kappa shape index (κ1) is 23.8. The Kier molecular flexibility index (Phi) is 7.11. The fourth-order valence-electron chi connectivity index (χ4n) is 4.88. The van der Waals surface area contributed by atoms with Gasteiger partial charge in [-0.2, -0.15) is 0 Å². The molecule has 0 radical (unpaired) electrons. The van der Waals surface area contributed by atoms with E-state index in [1.54, 1.807) is 24.3 Å². The van der Waals surface area contributed by atoms with E-state index in [0.29, 0.717) is 23.8 Å². The molecule has 10 heteroatoms. The lowest BCUT2D eigenvalue weighted by Crippen LogP contribution is -2.50. The molecule has 2 atom stereocenters. The molecule has 0 bridgehead atoms. The van der Waals surface area contributed by atoms with E-state index in [-0.39, 0.29) is 55.9 Å². The number of aliphatic carboxylic acids is 1. The molecule has 3 amide bonds. The van der Waals surface area contributed by atoms with E-state index in [1.165, 1.54) is 9.80 Å². The van der Waals surface area contributed by atoms with E-state index < -0.39 is 12.0 Å². The second kappa shape index (κ2) is 9.87. The number of halogens is 1. The van der Waals surface area contributed by atoms with E-state index in [9.17, 15) is 24.6 Å². The van der Waals surface area contributed by atoms with E-state index >= 15 is 0 Å². The van der Waals surface area contributed by atoms with Crippen molar-refractivity contribution in [3.63, 3.8) is 0 Å². The number of piperidine rings is 1. The molecule has 3 fully saturated rings. The minimum absolute atomic E-state index is 0.0672. The summed E-state index contributed by atoms with van der Waals surface area (Å²) in [5.74, 6) is -1.31. The Labute approximate surface area is 198 Å². The summed E-state index contributed by atoms with van der Waals surface area (Å²) in [6.07, 6.45) is 3.08. The Hall–Kier alpha value is -2.36. The maximum absolute atomic E-state index is 12.8. The van der Waals surface area contributed by atoms with Crippen molar-refractivity contribution in [3.8, 4) is 0 Å². The highest BCUT2D eigenvalue weighted by Crippen LogP contribution is 2.53. The molecule has 3 aliphatic rings. The second-order valence-corrected chi connectivity index (χ2v) is 9.77. The highest BCUT2D eigenvalue weighted by atomic mass is 35.5. The zero-order chi connectivity index (χ0) is 23.6. The summed E-state index contributed by atoms with van der Waals surface area (Å²) >= 11 is 5.96. The number of carboxylic acid groups (broad SMARTS) is 1. The van der Waals surface area contributed by atoms with Gasteiger partial charge >= 0.3 is 12.0 Å². The maximum atomic E-state index is 12.8. The van der Waals surface area contributed by atoms with Crippen LogP contribution in [0.25, 0.3) is 0 Å². The number of carbonyl (C=O) groups excluding carboxylic acids is 2. The number of hydrogen-bond donors (Lipinski definition) is 3. The first-order chi connectivity index (χ1) is 15.8. The number of anilines is 1. The Balaban J connectivity index is 1.33. The predicted octanol–water partition coefficient (Wildman–Crippen LogP) is 2.10. The number of likely N-dealkylation sites (tertiary alicyclic amines) is 1. The number of aliphatic hydroxyl groups is 1. The Morgan fingerprint density at radius 3 is 2.64 bits per heavy atom. The van der Waals surface area contributed by atoms with Crippen LogP contribution in [-0.2, 0) is 9.59 Å². The molecule has 1 spiro atoms. The summed E-state index contributed by atoms with van der Waals surface area (Å²) in [5, 5.41) is 23.5. The van der Waals surface area contributed by atoms with Crippen LogP contribution >= 0.6 is 11.6 Å². The van der Waals surface area contributed by atoms with Crippen LogP contribution in [0.4, 0.5) is 10.5 Å². The van der Waals surface area contributed by atoms with Gasteiger partial charge < -0.3 is 30.2 Å². The van der Waals surface area contributed by atoms with Crippen molar-refractivity contribution in [1.82, 2.24) is 14.7 Å². The van der Waals surface area contributed by atoms with Crippen LogP contribution in [0, 0.1) is 5.41 Å². The molecule has 33 heavy (non-hydrogen) atoms. The quantitative estimate of drug-likeness (QED) is 0.577. The van der Waals surface area contributed by atoms with Crippen molar-refractivity contribution in [2.75, 3.05) is 44.6 Å². The molecule has 0 unspecified atom stereocenters. The maximum Gasteiger partial charge on any atom is 0.326 e. The number of rotatable bonds is 6. The highest BCUT2D eigenvalue weighted by molar-refractivity contribution is 6.30. The summed E-state index contributed by atoms with van der Waals surface area (Å²) in [7, 11) is 0. The molecule has 1 aliphatic carbocycles. The zero-order valence-electron chi connectivity index (χ0n) is 18.6. The number of urea groups is 1. The molecule has 0 aromatic heterocycles. The summed E-state index contributed by atoms with van der Waals surface area (Å²) in [4.78, 5) is 42.5. The van der Waals surface area contributed by atoms with Gasteiger partial charge in [0.1, 0.15) is 6.04 Å². The molecule has 4 rings (SSSR count). The van der Waals surface area contributed by atoms with Crippen LogP contribution in [0.15, 0.2) is 24.3 Å². The SMILES string of the molecule is O=C(O)[C@@H](CCN1CCC2(CC2)[C@H](O)C1)N1CCN(C(=O)Nc2cccc(Cl)c2)CCC1=O. The van der Waals surface area contributed by atoms with Crippen molar-refractivity contribution in [2.45, 2.75) is 44.2 Å². The summed E-state index contributed by atoms with van der Waals surface area (Å²) < 4.78 is 0. The van der Waals surface area contributed by atoms with Crippen LogP contribution in [0.2, 0.25) is 5.02 Å². The lowest BCUT2D eigenvalue weighted by Gasteiger charge is -2.37. The van der Waals surface area contributed by atoms with Crippen LogP contribution in [-0.4, -0.2) is 94.2 Å². The molecular weight excluding hydrogens is 448 g/mol. The normalized spacial score (nSPS) is 23.8. The van der Waals surface area contributed by atoms with Gasteiger partial charge in [-0.25, -0.2) is 9.59 Å². The van der Waals surface area contributed by atoms with Gasteiger partial charge in [0.05, 0.1) is 6.10 Å². The highest BCUT2D eigenvalue weighted by Gasteiger charge is 2.51. The van der Waals surface area contributed by atoms with Gasteiger partial charge in [0, 0.05) is 49.9 Å². The third kappa shape index (κ3) is 5.59. The van der Waals surface area contributed by atoms with Gasteiger partial charge in [-0.1, -0.05) is 17.7 Å². The fourth-order valence-corrected chi connectivity index (χ4v) is 5.07. The number of benzene rings is 1. The molecule has 3 N–H and O–H groups in total. The van der Waals surface area contributed by atoms with Gasteiger partial charge in [0.2, 0.25) is 5.91 Å². The number of nitrogens with one attached hydrogen (secondary N) is 1. The van der Waals surface area contributed by atoms with Gasteiger partial charge in [-0.3, -0.25) is 4.79 Å². The number of amides is 3. The molecular formula is C23H31ClN4O5. The van der Waals surface area contributed by atoms with Crippen LogP contribution in [0.1, 0.15) is 32.1 Å². The van der Waals surface area contributed by atoms with Gasteiger partial charge in [-0.15, -0.1) is 0 Å². The molecule has 2 heterocycles. The Morgan fingerprint density at radius 2 is 1.97 bits per heavy atom. The van der Waals surface area contributed by atoms with E-state index in [2.05, 4.69) is 10.2 Å². The van der Waals surface area contributed by atoms with Crippen LogP contribution in [0.5, 0.6) is 0 Å². The van der Waals surface area contributed by atoms with Crippen LogP contribution in [0.3, 0.4) is 0 Å². The average molecular weight is 479 g/mol. The number of nitrogens with zero attached hydrogens (tertiary/aromatic N) is 3. The van der Waals surface area contributed by atoms with Gasteiger partial charge in [0.15, 0.2) is 0 Å². The molecule has 9 nitrogen and oxygen atoms in total. The zero-order valence-corrected chi connectivity index (χ0v) is 19.3. The number of carbonyl (C=O) groups is 3. The summed E-state index contributed by atoms with van der Waals surface area (Å²) in [6, 6.07) is 5.49. The number of carboxylic acids is 1. The monoisotopic (exact) mass is 478 g/mol. The van der Waals surface area contributed by atoms with Crippen molar-refractivity contribution < 1.29 is 24.6 Å². The van der Waals surface area contributed by atoms with Crippen molar-refractivity contribution >= 4 is 35.2 Å². The Bertz CT molecular complexity index is 909. The van der Waals surface area contributed by atoms with Crippen molar-refractivity contribution in [2.24, 2.45) is 5.41 Å². The third-order valence-electron chi connectivity index (χ3n) is 7.23. The molecule has 2 saturated heterocycles. The molecule has 1 aromatic rings. The minimum atomic E-state index is -1.04. The second-order valence-electron chi connectivity index (χ2n) is 9.34. The minimum Gasteiger partial charge on any atom is -0.480 e. The first-order valence-corrected chi connectivity index (χ1v) is 11.9. The smallest absolute Gasteiger partial charge is 0.326 e. The fraction of sp³-hybridized carbons (Fsp3) is 0.609. The van der Waals surface area contributed by atoms with Crippen molar-refractivity contribution in [3.05, 3.63) is 29.3 Å². The van der Waals surface area contributed by atoms with E-state index in [4.69, 9.17) is 11.6 Å². The largest absolute Gasteiger partial charge is 0.480 e. The molecule has 1 saturated carbocycles. The summed E-state index contributed by atoms with van der Waals surface area (Å²) in [5.41, 5.74) is 0.651.